The summed E-state index contributed by atoms with van der Waals surface area (Å²) in [6.45, 7) is 0. The highest BCUT2D eigenvalue weighted by Gasteiger charge is 2.44. The van der Waals surface area contributed by atoms with Crippen LogP contribution in [0, 0.1) is 17.6 Å². The van der Waals surface area contributed by atoms with Gasteiger partial charge >= 0.3 is 0 Å². The Morgan fingerprint density at radius 3 is 2.33 bits per heavy atom. The van der Waals surface area contributed by atoms with Crippen molar-refractivity contribution in [1.29, 1.82) is 0 Å². The summed E-state index contributed by atoms with van der Waals surface area (Å²) in [6, 6.07) is 11.9. The number of rotatable bonds is 5. The lowest BCUT2D eigenvalue weighted by molar-refractivity contribution is -0.123. The van der Waals surface area contributed by atoms with Crippen molar-refractivity contribution in [3.63, 3.8) is 0 Å². The molecule has 2 aromatic carbocycles. The molecule has 1 amide bonds. The Kier molecular flexibility index (Phi) is 4.48. The molecule has 0 unspecified atom stereocenters. The van der Waals surface area contributed by atoms with E-state index in [4.69, 9.17) is 0 Å². The summed E-state index contributed by atoms with van der Waals surface area (Å²) in [5.41, 5.74) is 1.73. The molecule has 4 rings (SSSR count). The van der Waals surface area contributed by atoms with Gasteiger partial charge in [0.2, 0.25) is 5.91 Å². The molecule has 1 aromatic heterocycles. The maximum absolute atomic E-state index is 13.3. The molecule has 1 fully saturated rings. The Balaban J connectivity index is 1.53. The maximum Gasteiger partial charge on any atom is 0.224 e. The van der Waals surface area contributed by atoms with Gasteiger partial charge in [0.05, 0.1) is 0 Å². The smallest absolute Gasteiger partial charge is 0.224 e. The number of nitrogens with zero attached hydrogens (tertiary/aromatic N) is 2. The molecule has 3 aromatic rings. The Morgan fingerprint density at radius 1 is 1.11 bits per heavy atom. The van der Waals surface area contributed by atoms with Gasteiger partial charge in [0, 0.05) is 25.4 Å². The third kappa shape index (κ3) is 3.60. The first-order valence-corrected chi connectivity index (χ1v) is 8.81. The van der Waals surface area contributed by atoms with Crippen LogP contribution in [0.15, 0.2) is 60.9 Å². The molecule has 0 bridgehead atoms. The van der Waals surface area contributed by atoms with Crippen molar-refractivity contribution >= 4 is 5.91 Å². The molecule has 1 aliphatic rings. The second-order valence-corrected chi connectivity index (χ2v) is 6.89. The van der Waals surface area contributed by atoms with E-state index in [0.29, 0.717) is 5.82 Å². The third-order valence-electron chi connectivity index (χ3n) is 5.03. The van der Waals surface area contributed by atoms with Crippen molar-refractivity contribution in [2.45, 2.75) is 18.4 Å². The van der Waals surface area contributed by atoms with Gasteiger partial charge in [-0.15, -0.1) is 0 Å². The minimum Gasteiger partial charge on any atom is -0.342 e. The molecule has 0 saturated heterocycles. The molecular weight excluding hydrogens is 348 g/mol. The zero-order valence-corrected chi connectivity index (χ0v) is 14.8. The first kappa shape index (κ1) is 17.4. The highest BCUT2D eigenvalue weighted by molar-refractivity contribution is 5.83. The Bertz CT molecular complexity index is 950. The van der Waals surface area contributed by atoms with Crippen molar-refractivity contribution in [3.8, 4) is 0 Å². The van der Waals surface area contributed by atoms with Gasteiger partial charge in [0.1, 0.15) is 23.5 Å². The third-order valence-corrected chi connectivity index (χ3v) is 5.03. The van der Waals surface area contributed by atoms with E-state index in [1.54, 1.807) is 36.7 Å². The van der Waals surface area contributed by atoms with Gasteiger partial charge in [-0.1, -0.05) is 24.3 Å². The molecule has 1 saturated carbocycles. The number of hydrogen-bond donors (Lipinski definition) is 1. The summed E-state index contributed by atoms with van der Waals surface area (Å²) in [4.78, 5) is 17.2. The van der Waals surface area contributed by atoms with E-state index < -0.39 is 6.04 Å². The van der Waals surface area contributed by atoms with E-state index in [9.17, 15) is 13.6 Å². The first-order valence-electron chi connectivity index (χ1n) is 8.81. The molecule has 4 nitrogen and oxygen atoms in total. The second kappa shape index (κ2) is 6.95. The fourth-order valence-electron chi connectivity index (χ4n) is 3.42. The van der Waals surface area contributed by atoms with E-state index in [1.807, 2.05) is 11.6 Å². The van der Waals surface area contributed by atoms with E-state index in [2.05, 4.69) is 10.3 Å². The van der Waals surface area contributed by atoms with E-state index >= 15 is 0 Å². The van der Waals surface area contributed by atoms with E-state index in [-0.39, 0.29) is 29.4 Å². The summed E-state index contributed by atoms with van der Waals surface area (Å²) < 4.78 is 28.2. The normalized spacial score (nSPS) is 19.5. The number of imidazole rings is 1. The predicted molar refractivity (Wildman–Crippen MR) is 96.8 cm³/mol. The molecule has 1 N–H and O–H groups in total. The van der Waals surface area contributed by atoms with Crippen molar-refractivity contribution in [2.75, 3.05) is 0 Å². The fraction of sp³-hybridized carbons (Fsp3) is 0.238. The van der Waals surface area contributed by atoms with Gasteiger partial charge in [-0.3, -0.25) is 4.79 Å². The minimum absolute atomic E-state index is 0.0818. The molecule has 0 radical (unpaired) electrons. The Morgan fingerprint density at radius 2 is 1.74 bits per heavy atom. The number of halogens is 2. The van der Waals surface area contributed by atoms with Crippen LogP contribution in [-0.4, -0.2) is 15.5 Å². The lowest BCUT2D eigenvalue weighted by atomic mass is 10.0. The van der Waals surface area contributed by atoms with Gasteiger partial charge in [-0.25, -0.2) is 13.8 Å². The summed E-state index contributed by atoms with van der Waals surface area (Å²) in [6.07, 6.45) is 4.20. The maximum atomic E-state index is 13.3. The quantitative estimate of drug-likeness (QED) is 0.747. The summed E-state index contributed by atoms with van der Waals surface area (Å²) >= 11 is 0. The predicted octanol–water partition coefficient (Wildman–Crippen LogP) is 3.71. The van der Waals surface area contributed by atoms with Crippen LogP contribution in [0.1, 0.15) is 35.3 Å². The van der Waals surface area contributed by atoms with Crippen LogP contribution < -0.4 is 5.32 Å². The number of hydrogen-bond acceptors (Lipinski definition) is 2. The van der Waals surface area contributed by atoms with Crippen molar-refractivity contribution < 1.29 is 13.6 Å². The van der Waals surface area contributed by atoms with Gasteiger partial charge in [0.15, 0.2) is 0 Å². The number of benzene rings is 2. The molecule has 6 heteroatoms. The average Bonchev–Trinajstić information content (AvgIpc) is 3.35. The largest absolute Gasteiger partial charge is 0.342 e. The molecule has 0 aliphatic heterocycles. The molecule has 27 heavy (non-hydrogen) atoms. The summed E-state index contributed by atoms with van der Waals surface area (Å²) in [5.74, 6) is -0.0797. The molecule has 138 valence electrons. The number of aromatic nitrogens is 2. The van der Waals surface area contributed by atoms with Crippen molar-refractivity contribution in [3.05, 3.63) is 89.5 Å². The van der Waals surface area contributed by atoms with Crippen LogP contribution in [0.2, 0.25) is 0 Å². The lowest BCUT2D eigenvalue weighted by Crippen LogP contribution is -2.32. The van der Waals surface area contributed by atoms with Gasteiger partial charge < -0.3 is 9.88 Å². The Hall–Kier alpha value is -3.02. The summed E-state index contributed by atoms with van der Waals surface area (Å²) in [5, 5.41) is 3.05. The molecule has 0 spiro atoms. The van der Waals surface area contributed by atoms with Crippen LogP contribution in [0.5, 0.6) is 0 Å². The SMILES string of the molecule is Cn1ccnc1[C@@H](NC(=O)[C@H]1C[C@@H]1c1ccc(F)cc1)c1ccc(F)cc1. The van der Waals surface area contributed by atoms with Crippen molar-refractivity contribution in [1.82, 2.24) is 14.9 Å². The van der Waals surface area contributed by atoms with Gasteiger partial charge in [-0.2, -0.15) is 0 Å². The monoisotopic (exact) mass is 367 g/mol. The van der Waals surface area contributed by atoms with Crippen molar-refractivity contribution in [2.24, 2.45) is 13.0 Å². The zero-order chi connectivity index (χ0) is 19.0. The minimum atomic E-state index is -0.465. The first-order chi connectivity index (χ1) is 13.0. The van der Waals surface area contributed by atoms with E-state index in [1.165, 1.54) is 24.3 Å². The highest BCUT2D eigenvalue weighted by Crippen LogP contribution is 2.47. The number of amides is 1. The number of carbonyl (C=O) groups is 1. The number of nitrogens with one attached hydrogen (secondary N) is 1. The van der Waals surface area contributed by atoms with E-state index in [0.717, 1.165) is 17.5 Å². The van der Waals surface area contributed by atoms with Crippen LogP contribution >= 0.6 is 0 Å². The standard InChI is InChI=1S/C21H19F2N3O/c1-26-11-10-24-20(26)19(14-4-8-16(23)9-5-14)25-21(27)18-12-17(18)13-2-6-15(22)7-3-13/h2-11,17-19H,12H2,1H3,(H,25,27)/t17-,18+,19+/m1/s1. The highest BCUT2D eigenvalue weighted by atomic mass is 19.1. The topological polar surface area (TPSA) is 46.9 Å². The summed E-state index contributed by atoms with van der Waals surface area (Å²) in [7, 11) is 1.85. The molecule has 1 aliphatic carbocycles. The van der Waals surface area contributed by atoms with Crippen LogP contribution in [0.25, 0.3) is 0 Å². The molecule has 3 atom stereocenters. The molecular formula is C21H19F2N3O. The fourth-order valence-corrected chi connectivity index (χ4v) is 3.42. The lowest BCUT2D eigenvalue weighted by Gasteiger charge is -2.19. The van der Waals surface area contributed by atoms with Crippen LogP contribution in [0.4, 0.5) is 8.78 Å². The Labute approximate surface area is 155 Å². The number of carbonyl (C=O) groups excluding carboxylic acids is 1. The van der Waals surface area contributed by atoms with Gasteiger partial charge in [-0.05, 0) is 47.7 Å². The second-order valence-electron chi connectivity index (χ2n) is 6.89. The molecule has 1 heterocycles. The van der Waals surface area contributed by atoms with Gasteiger partial charge in [0.25, 0.3) is 0 Å². The number of aryl methyl sites for hydroxylation is 1. The van der Waals surface area contributed by atoms with Crippen LogP contribution in [0.3, 0.4) is 0 Å². The average molecular weight is 367 g/mol. The zero-order valence-electron chi connectivity index (χ0n) is 14.8. The van der Waals surface area contributed by atoms with Crippen LogP contribution in [-0.2, 0) is 11.8 Å².